The van der Waals surface area contributed by atoms with Crippen LogP contribution in [-0.2, 0) is 44.4 Å². The van der Waals surface area contributed by atoms with Crippen LogP contribution in [0.25, 0.3) is 21.6 Å². The van der Waals surface area contributed by atoms with Gasteiger partial charge >= 0.3 is 5.97 Å². The largest absolute Gasteiger partial charge is 0.459 e. The smallest absolute Gasteiger partial charge is 0.311 e. The standard InChI is InChI=1S/C59H88FN3O13S2/c1-14-46-59(10,70)52(66)36(6)63(25-17-24-61-47(64)23-21-39-28-41-40-18-15-16-19-44(40)78-45-22-20-38(60)27-42(45)51(41)77-39)31-32(2)29-57(8,69)54(76-56-49(65)43(62(11)12)26-33(3)72-56)34(4)50(35(5)55(68)74-46)75-48-30-58(9,71-13)53(67)37(7)73-48/h15-16,18-20,22,27-28,32-37,43,46,48-50,52-54,56,65-67,69-70H,14,17,21,23-26,29-31H2,1-13H3,(H,61,64)/t32-,33-,34+,35-,36-,37+,43+,46-,48+,49-,50+,52-,53+,54-,56+,57-,58-,59-/m1/s1. The fourth-order valence-electron chi connectivity index (χ4n) is 12.4. The highest BCUT2D eigenvalue weighted by molar-refractivity contribution is 7.99. The minimum absolute atomic E-state index is 0.0904. The van der Waals surface area contributed by atoms with E-state index in [1.807, 2.05) is 69.8 Å². The van der Waals surface area contributed by atoms with Crippen molar-refractivity contribution in [3.8, 4) is 21.6 Å². The lowest BCUT2D eigenvalue weighted by molar-refractivity contribution is -0.318. The van der Waals surface area contributed by atoms with Crippen LogP contribution in [0.2, 0.25) is 0 Å². The maximum absolute atomic E-state index is 14.7. The Labute approximate surface area is 469 Å². The number of aryl methyl sites for hydroxylation is 1. The first-order valence-corrected chi connectivity index (χ1v) is 29.6. The Morgan fingerprint density at radius 3 is 2.32 bits per heavy atom. The zero-order chi connectivity index (χ0) is 57.2. The lowest BCUT2D eigenvalue weighted by Gasteiger charge is -2.48. The number of carbonyl (C=O) groups is 2. The zero-order valence-corrected chi connectivity index (χ0v) is 49.6. The lowest BCUT2D eigenvalue weighted by atomic mass is 9.77. The fraction of sp³-hybridized carbons (Fsp3) is 0.695. The highest BCUT2D eigenvalue weighted by Gasteiger charge is 2.53. The van der Waals surface area contributed by atoms with Crippen molar-refractivity contribution in [2.45, 2.75) is 214 Å². The molecule has 19 heteroatoms. The Morgan fingerprint density at radius 1 is 0.923 bits per heavy atom. The van der Waals surface area contributed by atoms with E-state index in [2.05, 4.69) is 23.5 Å². The van der Waals surface area contributed by atoms with Gasteiger partial charge in [-0.1, -0.05) is 50.7 Å². The number of thiophene rings is 1. The maximum atomic E-state index is 14.7. The molecule has 6 N–H and O–H groups in total. The van der Waals surface area contributed by atoms with Crippen LogP contribution in [0.3, 0.4) is 0 Å². The average molecular weight is 1130 g/mol. The summed E-state index contributed by atoms with van der Waals surface area (Å²) >= 11 is 3.20. The number of rotatable bonds is 14. The van der Waals surface area contributed by atoms with E-state index in [-0.39, 0.29) is 55.5 Å². The van der Waals surface area contributed by atoms with Crippen molar-refractivity contribution in [3.63, 3.8) is 0 Å². The molecule has 0 spiro atoms. The van der Waals surface area contributed by atoms with Gasteiger partial charge in [0.15, 0.2) is 12.6 Å². The van der Waals surface area contributed by atoms with Crippen molar-refractivity contribution >= 4 is 35.0 Å². The van der Waals surface area contributed by atoms with Gasteiger partial charge in [-0.25, -0.2) is 4.39 Å². The van der Waals surface area contributed by atoms with Gasteiger partial charge in [0.25, 0.3) is 0 Å². The topological polar surface area (TPSA) is 209 Å². The minimum Gasteiger partial charge on any atom is -0.459 e. The molecule has 18 atom stereocenters. The van der Waals surface area contributed by atoms with Crippen molar-refractivity contribution in [1.29, 1.82) is 0 Å². The summed E-state index contributed by atoms with van der Waals surface area (Å²) in [6.07, 6.45) is -8.02. The molecule has 16 nitrogen and oxygen atoms in total. The summed E-state index contributed by atoms with van der Waals surface area (Å²) in [5.74, 6) is -3.37. The Kier molecular flexibility index (Phi) is 20.8. The van der Waals surface area contributed by atoms with Gasteiger partial charge in [0.1, 0.15) is 35.8 Å². The van der Waals surface area contributed by atoms with Crippen LogP contribution < -0.4 is 5.32 Å². The van der Waals surface area contributed by atoms with E-state index in [4.69, 9.17) is 28.4 Å². The molecule has 4 aliphatic heterocycles. The van der Waals surface area contributed by atoms with Gasteiger partial charge < -0.3 is 64.2 Å². The van der Waals surface area contributed by atoms with Crippen LogP contribution in [0.4, 0.5) is 4.39 Å². The molecule has 1 amide bonds. The van der Waals surface area contributed by atoms with Crippen molar-refractivity contribution < 1.29 is 67.9 Å². The number of amides is 1. The number of nitrogens with zero attached hydrogens (tertiary/aromatic N) is 2. The molecule has 1 aromatic heterocycles. The number of halogens is 1. The molecule has 4 aliphatic rings. The molecule has 0 radical (unpaired) electrons. The number of hydrogen-bond acceptors (Lipinski definition) is 17. The van der Waals surface area contributed by atoms with Gasteiger partial charge in [0, 0.05) is 88.3 Å². The normalized spacial score (nSPS) is 37.3. The molecule has 0 bridgehead atoms. The Balaban J connectivity index is 1.12. The van der Waals surface area contributed by atoms with Crippen molar-refractivity contribution in [2.24, 2.45) is 17.8 Å². The number of aliphatic hydroxyl groups is 5. The molecule has 3 aromatic rings. The van der Waals surface area contributed by atoms with Crippen LogP contribution in [0.1, 0.15) is 113 Å². The number of cyclic esters (lactones) is 1. The quantitative estimate of drug-likeness (QED) is 0.0537. The van der Waals surface area contributed by atoms with Gasteiger partial charge in [0.2, 0.25) is 5.91 Å². The molecule has 0 unspecified atom stereocenters. The van der Waals surface area contributed by atoms with Gasteiger partial charge in [-0.3, -0.25) is 14.5 Å². The van der Waals surface area contributed by atoms with E-state index in [1.54, 1.807) is 63.8 Å². The summed E-state index contributed by atoms with van der Waals surface area (Å²) in [6, 6.07) is 14.1. The van der Waals surface area contributed by atoms with Gasteiger partial charge in [-0.15, -0.1) is 11.3 Å². The monoisotopic (exact) mass is 1130 g/mol. The SMILES string of the molecule is CC[C@H]1OC(=O)[C@H](C)[C@@H](O[C@H]2C[C@@](C)(OC)[C@@H](O)[C@H](C)O2)[C@H](C)[C@@H](O[C@@H]2O[C@H](C)C[C@H](N(C)C)[C@H]2O)[C@](C)(O)C[C@@H](C)CN(CCCNC(=O)CCc2cc3c(s2)-c2cc(F)ccc2Sc2ccccc2-3)[C@H](C)[C@@H](O)[C@]1(C)O. The van der Waals surface area contributed by atoms with E-state index in [9.17, 15) is 39.5 Å². The predicted octanol–water partition coefficient (Wildman–Crippen LogP) is 7.41. The second kappa shape index (κ2) is 26.0. The molecule has 3 fully saturated rings. The number of esters is 1. The third kappa shape index (κ3) is 14.0. The minimum atomic E-state index is -1.94. The number of aliphatic hydroxyl groups excluding tert-OH is 3. The average Bonchev–Trinajstić information content (AvgIpc) is 3.79. The van der Waals surface area contributed by atoms with E-state index < -0.39 is 96.0 Å². The summed E-state index contributed by atoms with van der Waals surface area (Å²) in [6.45, 7) is 18.6. The third-order valence-corrected chi connectivity index (χ3v) is 19.3. The van der Waals surface area contributed by atoms with Crippen LogP contribution in [0.15, 0.2) is 58.3 Å². The number of benzene rings is 2. The molecular weight excluding hydrogens is 1040 g/mol. The molecule has 0 saturated carbocycles. The Hall–Kier alpha value is -3.12. The predicted molar refractivity (Wildman–Crippen MR) is 298 cm³/mol. The number of fused-ring (bicyclic) bond motifs is 5. The van der Waals surface area contributed by atoms with E-state index in [0.29, 0.717) is 38.9 Å². The first-order valence-electron chi connectivity index (χ1n) is 27.9. The summed E-state index contributed by atoms with van der Waals surface area (Å²) in [5.41, 5.74) is -1.75. The Bertz CT molecular complexity index is 2500. The van der Waals surface area contributed by atoms with Gasteiger partial charge in [0.05, 0.1) is 41.5 Å². The lowest BCUT2D eigenvalue weighted by Crippen LogP contribution is -2.60. The zero-order valence-electron chi connectivity index (χ0n) is 47.9. The van der Waals surface area contributed by atoms with Crippen molar-refractivity contribution in [1.82, 2.24) is 15.1 Å². The molecule has 0 aliphatic carbocycles. The van der Waals surface area contributed by atoms with E-state index in [1.165, 1.54) is 20.1 Å². The number of likely N-dealkylation sites (N-methyl/N-ethyl adjacent to an activating group) is 1. The second-order valence-corrected chi connectivity index (χ2v) is 25.8. The van der Waals surface area contributed by atoms with Crippen molar-refractivity contribution in [3.05, 3.63) is 59.2 Å². The van der Waals surface area contributed by atoms with Crippen LogP contribution in [-0.4, -0.2) is 178 Å². The molecule has 436 valence electrons. The summed E-state index contributed by atoms with van der Waals surface area (Å²) < 4.78 is 52.9. The molecule has 78 heavy (non-hydrogen) atoms. The number of hydrogen-bond donors (Lipinski definition) is 6. The maximum Gasteiger partial charge on any atom is 0.311 e. The first-order chi connectivity index (χ1) is 36.7. The fourth-order valence-corrected chi connectivity index (χ4v) is 14.7. The molecule has 2 aromatic carbocycles. The number of ether oxygens (including phenoxy) is 6. The van der Waals surface area contributed by atoms with E-state index in [0.717, 1.165) is 36.2 Å². The molecule has 3 saturated heterocycles. The van der Waals surface area contributed by atoms with Crippen LogP contribution in [0, 0.1) is 23.6 Å². The Morgan fingerprint density at radius 2 is 1.63 bits per heavy atom. The summed E-state index contributed by atoms with van der Waals surface area (Å²) in [5, 5.41) is 63.5. The molecule has 7 rings (SSSR count). The van der Waals surface area contributed by atoms with Crippen LogP contribution in [0.5, 0.6) is 0 Å². The summed E-state index contributed by atoms with van der Waals surface area (Å²) in [4.78, 5) is 36.2. The second-order valence-electron chi connectivity index (χ2n) is 23.6. The number of nitrogens with one attached hydrogen (secondary N) is 1. The molecular formula is C59H88FN3O13S2. The molecule has 5 heterocycles. The van der Waals surface area contributed by atoms with Crippen LogP contribution >= 0.6 is 23.1 Å². The number of methoxy groups -OCH3 is 1. The highest BCUT2D eigenvalue weighted by atomic mass is 32.2. The highest BCUT2D eigenvalue weighted by Crippen LogP contribution is 2.51. The first kappa shape index (κ1) is 62.5. The van der Waals surface area contributed by atoms with Gasteiger partial charge in [-0.2, -0.15) is 0 Å². The summed E-state index contributed by atoms with van der Waals surface area (Å²) in [7, 11) is 5.25. The number of carbonyl (C=O) groups excluding carboxylic acids is 2. The van der Waals surface area contributed by atoms with E-state index >= 15 is 0 Å². The third-order valence-electron chi connectivity index (χ3n) is 16.9. The van der Waals surface area contributed by atoms with Gasteiger partial charge in [-0.05, 0) is 136 Å². The van der Waals surface area contributed by atoms with Crippen molar-refractivity contribution in [2.75, 3.05) is 40.8 Å².